The van der Waals surface area contributed by atoms with E-state index >= 15 is 0 Å². The van der Waals surface area contributed by atoms with Crippen molar-refractivity contribution in [1.82, 2.24) is 4.90 Å². The average Bonchev–Trinajstić information content (AvgIpc) is 3.05. The van der Waals surface area contributed by atoms with Crippen molar-refractivity contribution in [3.63, 3.8) is 0 Å². The first-order valence-electron chi connectivity index (χ1n) is 10.3. The number of carbonyl (C=O) groups excluding carboxylic acids is 1. The Balaban J connectivity index is 1.35. The third-order valence-electron chi connectivity index (χ3n) is 6.15. The first kappa shape index (κ1) is 18.2. The molecule has 1 saturated heterocycles. The largest absolute Gasteiger partial charge is 0.448 e. The summed E-state index contributed by atoms with van der Waals surface area (Å²) in [6.07, 6.45) is 6.88. The second kappa shape index (κ2) is 7.53. The molecule has 2 bridgehead atoms. The van der Waals surface area contributed by atoms with E-state index in [1.165, 1.54) is 27.8 Å². The predicted molar refractivity (Wildman–Crippen MR) is 113 cm³/mol. The zero-order chi connectivity index (χ0) is 19.8. The SMILES string of the molecule is C/C=C\C1=CC2COCC(C1)N2C(=O)OCC1c2ccccc2-c2ccccc21. The third kappa shape index (κ3) is 3.18. The van der Waals surface area contributed by atoms with Gasteiger partial charge in [0.25, 0.3) is 0 Å². The number of fused-ring (bicyclic) bond motifs is 5. The molecular weight excluding hydrogens is 362 g/mol. The van der Waals surface area contributed by atoms with E-state index in [4.69, 9.17) is 9.47 Å². The standard InChI is InChI=1S/C25H25NO3/c1-2-7-17-12-18-14-28-15-19(13-17)26(18)25(27)29-16-24-22-10-5-3-8-20(22)21-9-4-6-11-23(21)24/h2-12,18-19,24H,13-16H2,1H3/b7-2-. The number of nitrogens with zero attached hydrogens (tertiary/aromatic N) is 1. The molecule has 2 atom stereocenters. The summed E-state index contributed by atoms with van der Waals surface area (Å²) in [5.41, 5.74) is 6.23. The van der Waals surface area contributed by atoms with Crippen LogP contribution in [0.2, 0.25) is 0 Å². The molecule has 4 nitrogen and oxygen atoms in total. The Kier molecular flexibility index (Phi) is 4.72. The smallest absolute Gasteiger partial charge is 0.410 e. The van der Waals surface area contributed by atoms with Crippen LogP contribution in [0.25, 0.3) is 11.1 Å². The molecule has 0 aromatic heterocycles. The highest BCUT2D eigenvalue weighted by molar-refractivity contribution is 5.79. The molecule has 2 unspecified atom stereocenters. The van der Waals surface area contributed by atoms with Crippen molar-refractivity contribution in [1.29, 1.82) is 0 Å². The number of hydrogen-bond donors (Lipinski definition) is 0. The number of hydrogen-bond acceptors (Lipinski definition) is 3. The van der Waals surface area contributed by atoms with E-state index < -0.39 is 0 Å². The van der Waals surface area contributed by atoms with Crippen molar-refractivity contribution < 1.29 is 14.3 Å². The number of ether oxygens (including phenoxy) is 2. The minimum Gasteiger partial charge on any atom is -0.448 e. The van der Waals surface area contributed by atoms with Crippen molar-refractivity contribution in [3.8, 4) is 11.1 Å². The van der Waals surface area contributed by atoms with Gasteiger partial charge in [-0.2, -0.15) is 0 Å². The Labute approximate surface area is 171 Å². The first-order valence-corrected chi connectivity index (χ1v) is 10.3. The first-order chi connectivity index (χ1) is 14.3. The molecule has 5 rings (SSSR count). The van der Waals surface area contributed by atoms with Crippen molar-refractivity contribution in [2.45, 2.75) is 31.3 Å². The van der Waals surface area contributed by atoms with Crippen LogP contribution in [0.5, 0.6) is 0 Å². The van der Waals surface area contributed by atoms with Gasteiger partial charge < -0.3 is 9.47 Å². The number of benzene rings is 2. The lowest BCUT2D eigenvalue weighted by Crippen LogP contribution is -2.56. The minimum absolute atomic E-state index is 0.0422. The molecule has 1 aliphatic carbocycles. The highest BCUT2D eigenvalue weighted by Crippen LogP contribution is 2.44. The van der Waals surface area contributed by atoms with Crippen LogP contribution in [0.15, 0.2) is 72.3 Å². The normalized spacial score (nSPS) is 22.9. The predicted octanol–water partition coefficient (Wildman–Crippen LogP) is 4.91. The lowest BCUT2D eigenvalue weighted by atomic mass is 9.94. The summed E-state index contributed by atoms with van der Waals surface area (Å²) in [6.45, 7) is 3.47. The van der Waals surface area contributed by atoms with Gasteiger partial charge in [0.1, 0.15) is 6.61 Å². The molecule has 2 aromatic carbocycles. The molecule has 4 heteroatoms. The molecular formula is C25H25NO3. The average molecular weight is 387 g/mol. The van der Waals surface area contributed by atoms with Crippen LogP contribution >= 0.6 is 0 Å². The van der Waals surface area contributed by atoms with E-state index in [-0.39, 0.29) is 24.1 Å². The molecule has 0 radical (unpaired) electrons. The summed E-state index contributed by atoms with van der Waals surface area (Å²) >= 11 is 0. The Bertz CT molecular complexity index is 948. The number of amides is 1. The van der Waals surface area contributed by atoms with E-state index in [9.17, 15) is 4.79 Å². The summed E-state index contributed by atoms with van der Waals surface area (Å²) in [7, 11) is 0. The molecule has 2 heterocycles. The number of allylic oxidation sites excluding steroid dienone is 2. The summed E-state index contributed by atoms with van der Waals surface area (Å²) in [5, 5.41) is 0. The number of carbonyl (C=O) groups is 1. The fraction of sp³-hybridized carbons (Fsp3) is 0.320. The Morgan fingerprint density at radius 2 is 1.79 bits per heavy atom. The monoisotopic (exact) mass is 387 g/mol. The molecule has 2 aromatic rings. The molecule has 1 amide bonds. The second-order valence-corrected chi connectivity index (χ2v) is 7.92. The van der Waals surface area contributed by atoms with Gasteiger partial charge in [-0.1, -0.05) is 66.8 Å². The van der Waals surface area contributed by atoms with E-state index in [1.54, 1.807) is 0 Å². The number of morpholine rings is 1. The van der Waals surface area contributed by atoms with Gasteiger partial charge in [-0.25, -0.2) is 4.79 Å². The van der Waals surface area contributed by atoms with Crippen molar-refractivity contribution in [3.05, 3.63) is 83.5 Å². The van der Waals surface area contributed by atoms with Crippen LogP contribution in [0.4, 0.5) is 4.79 Å². The van der Waals surface area contributed by atoms with Gasteiger partial charge in [-0.15, -0.1) is 0 Å². The fourth-order valence-corrected chi connectivity index (χ4v) is 4.92. The highest BCUT2D eigenvalue weighted by Gasteiger charge is 2.39. The Morgan fingerprint density at radius 3 is 2.45 bits per heavy atom. The van der Waals surface area contributed by atoms with Crippen LogP contribution in [-0.2, 0) is 9.47 Å². The van der Waals surface area contributed by atoms with Gasteiger partial charge in [-0.3, -0.25) is 4.90 Å². The molecule has 29 heavy (non-hydrogen) atoms. The molecule has 148 valence electrons. The molecule has 2 aliphatic heterocycles. The number of rotatable bonds is 3. The van der Waals surface area contributed by atoms with Crippen LogP contribution < -0.4 is 0 Å². The van der Waals surface area contributed by atoms with E-state index in [0.29, 0.717) is 19.8 Å². The maximum absolute atomic E-state index is 13.1. The van der Waals surface area contributed by atoms with Crippen LogP contribution in [-0.4, -0.2) is 42.9 Å². The molecule has 1 fully saturated rings. The molecule has 0 spiro atoms. The maximum atomic E-state index is 13.1. The summed E-state index contributed by atoms with van der Waals surface area (Å²) < 4.78 is 11.6. The molecule has 0 N–H and O–H groups in total. The van der Waals surface area contributed by atoms with Crippen molar-refractivity contribution >= 4 is 6.09 Å². The van der Waals surface area contributed by atoms with Gasteiger partial charge in [0, 0.05) is 5.92 Å². The summed E-state index contributed by atoms with van der Waals surface area (Å²) in [6, 6.07) is 16.8. The quantitative estimate of drug-likeness (QED) is 0.751. The van der Waals surface area contributed by atoms with Gasteiger partial charge in [0.2, 0.25) is 0 Å². The zero-order valence-corrected chi connectivity index (χ0v) is 16.6. The lowest BCUT2D eigenvalue weighted by molar-refractivity contribution is -0.0356. The van der Waals surface area contributed by atoms with Crippen LogP contribution in [0.3, 0.4) is 0 Å². The van der Waals surface area contributed by atoms with E-state index in [2.05, 4.69) is 60.7 Å². The van der Waals surface area contributed by atoms with Gasteiger partial charge in [0.05, 0.1) is 25.3 Å². The third-order valence-corrected chi connectivity index (χ3v) is 6.15. The van der Waals surface area contributed by atoms with Crippen molar-refractivity contribution in [2.24, 2.45) is 0 Å². The van der Waals surface area contributed by atoms with Crippen LogP contribution in [0.1, 0.15) is 30.4 Å². The molecule has 3 aliphatic rings. The Hall–Kier alpha value is -2.85. The topological polar surface area (TPSA) is 38.8 Å². The van der Waals surface area contributed by atoms with Crippen molar-refractivity contribution in [2.75, 3.05) is 19.8 Å². The second-order valence-electron chi connectivity index (χ2n) is 7.92. The Morgan fingerprint density at radius 1 is 1.10 bits per heavy atom. The van der Waals surface area contributed by atoms with Gasteiger partial charge in [0.15, 0.2) is 0 Å². The highest BCUT2D eigenvalue weighted by atomic mass is 16.6. The van der Waals surface area contributed by atoms with E-state index in [1.807, 2.05) is 17.9 Å². The maximum Gasteiger partial charge on any atom is 0.410 e. The van der Waals surface area contributed by atoms with Gasteiger partial charge in [-0.05, 0) is 41.2 Å². The lowest BCUT2D eigenvalue weighted by Gasteiger charge is -2.43. The minimum atomic E-state index is -0.235. The van der Waals surface area contributed by atoms with Crippen LogP contribution in [0, 0.1) is 0 Å². The fourth-order valence-electron chi connectivity index (χ4n) is 4.92. The summed E-state index contributed by atoms with van der Waals surface area (Å²) in [5.74, 6) is 0.0846. The summed E-state index contributed by atoms with van der Waals surface area (Å²) in [4.78, 5) is 14.9. The van der Waals surface area contributed by atoms with Gasteiger partial charge >= 0.3 is 6.09 Å². The molecule has 0 saturated carbocycles. The zero-order valence-electron chi connectivity index (χ0n) is 16.6. The van der Waals surface area contributed by atoms with E-state index in [0.717, 1.165) is 6.42 Å².